The van der Waals surface area contributed by atoms with Crippen molar-refractivity contribution in [3.05, 3.63) is 0 Å². The van der Waals surface area contributed by atoms with E-state index in [9.17, 15) is 9.59 Å². The van der Waals surface area contributed by atoms with Gasteiger partial charge in [-0.3, -0.25) is 9.59 Å². The number of carbonyl (C=O) groups excluding carboxylic acids is 2. The molecular formula is C16H26N2O2. The monoisotopic (exact) mass is 278 g/mol. The molecule has 4 nitrogen and oxygen atoms in total. The molecule has 0 aromatic rings. The number of carbonyl (C=O) groups is 2. The summed E-state index contributed by atoms with van der Waals surface area (Å²) in [5.41, 5.74) is -0.648. The van der Waals surface area contributed by atoms with Gasteiger partial charge < -0.3 is 10.2 Å². The predicted octanol–water partition coefficient (Wildman–Crippen LogP) is 2.08. The Hall–Kier alpha value is -1.06. The second-order valence-electron chi connectivity index (χ2n) is 6.93. The van der Waals surface area contributed by atoms with Crippen molar-refractivity contribution in [2.75, 3.05) is 0 Å². The van der Waals surface area contributed by atoms with Crippen molar-refractivity contribution in [2.45, 2.75) is 76.9 Å². The first kappa shape index (κ1) is 13.9. The molecule has 4 heteroatoms. The van der Waals surface area contributed by atoms with E-state index in [2.05, 4.69) is 19.2 Å². The Balaban J connectivity index is 1.93. The number of amides is 2. The molecule has 0 aromatic carbocycles. The third kappa shape index (κ3) is 2.04. The minimum Gasteiger partial charge on any atom is -0.340 e. The smallest absolute Gasteiger partial charge is 0.249 e. The molecule has 0 aromatic heterocycles. The van der Waals surface area contributed by atoms with Gasteiger partial charge in [-0.25, -0.2) is 0 Å². The number of nitrogens with one attached hydrogen (secondary N) is 1. The van der Waals surface area contributed by atoms with E-state index in [0.717, 1.165) is 38.5 Å². The Kier molecular flexibility index (Phi) is 3.30. The van der Waals surface area contributed by atoms with Gasteiger partial charge in [-0.15, -0.1) is 0 Å². The predicted molar refractivity (Wildman–Crippen MR) is 77.0 cm³/mol. The SMILES string of the molecule is CCC(CC)N1C(=O)C(C)(C2CC2)NC(=O)C1C1CC1. The van der Waals surface area contributed by atoms with Crippen LogP contribution in [0.4, 0.5) is 0 Å². The van der Waals surface area contributed by atoms with Gasteiger partial charge in [0.25, 0.3) is 0 Å². The third-order valence-electron chi connectivity index (χ3n) is 5.43. The van der Waals surface area contributed by atoms with Crippen LogP contribution in [-0.2, 0) is 9.59 Å². The standard InChI is InChI=1S/C16H26N2O2/c1-4-12(5-2)18-13(10-6-7-10)14(19)17-16(3,15(18)20)11-8-9-11/h10-13H,4-9H2,1-3H3,(H,17,19). The van der Waals surface area contributed by atoms with Crippen LogP contribution in [0.2, 0.25) is 0 Å². The largest absolute Gasteiger partial charge is 0.340 e. The van der Waals surface area contributed by atoms with Gasteiger partial charge in [0.15, 0.2) is 0 Å². The first-order valence-electron chi connectivity index (χ1n) is 8.17. The van der Waals surface area contributed by atoms with Crippen LogP contribution in [0.1, 0.15) is 59.3 Å². The third-order valence-corrected chi connectivity index (χ3v) is 5.43. The van der Waals surface area contributed by atoms with E-state index in [4.69, 9.17) is 0 Å². The highest BCUT2D eigenvalue weighted by Crippen LogP contribution is 2.46. The summed E-state index contributed by atoms with van der Waals surface area (Å²) < 4.78 is 0. The number of hydrogen-bond donors (Lipinski definition) is 1. The molecule has 3 aliphatic rings. The fourth-order valence-electron chi connectivity index (χ4n) is 3.77. The molecular weight excluding hydrogens is 252 g/mol. The molecule has 1 heterocycles. The van der Waals surface area contributed by atoms with E-state index in [0.29, 0.717) is 11.8 Å². The average molecular weight is 278 g/mol. The molecule has 0 spiro atoms. The first-order valence-corrected chi connectivity index (χ1v) is 8.17. The molecule has 2 aliphatic carbocycles. The molecule has 0 radical (unpaired) electrons. The van der Waals surface area contributed by atoms with Crippen LogP contribution in [0.3, 0.4) is 0 Å². The van der Waals surface area contributed by atoms with Crippen LogP contribution >= 0.6 is 0 Å². The summed E-state index contributed by atoms with van der Waals surface area (Å²) in [5.74, 6) is 0.998. The van der Waals surface area contributed by atoms with Crippen LogP contribution < -0.4 is 5.32 Å². The van der Waals surface area contributed by atoms with Crippen LogP contribution in [-0.4, -0.2) is 34.3 Å². The average Bonchev–Trinajstić information content (AvgIpc) is 3.29. The Morgan fingerprint density at radius 3 is 2.25 bits per heavy atom. The van der Waals surface area contributed by atoms with Gasteiger partial charge in [-0.1, -0.05) is 13.8 Å². The summed E-state index contributed by atoms with van der Waals surface area (Å²) in [5, 5.41) is 3.08. The van der Waals surface area contributed by atoms with Crippen molar-refractivity contribution in [3.63, 3.8) is 0 Å². The van der Waals surface area contributed by atoms with Gasteiger partial charge in [0.1, 0.15) is 11.6 Å². The minimum absolute atomic E-state index is 0.0911. The van der Waals surface area contributed by atoms with Crippen LogP contribution in [0.5, 0.6) is 0 Å². The lowest BCUT2D eigenvalue weighted by Gasteiger charge is -2.48. The summed E-state index contributed by atoms with van der Waals surface area (Å²) in [4.78, 5) is 27.7. The van der Waals surface area contributed by atoms with Crippen molar-refractivity contribution in [1.82, 2.24) is 10.2 Å². The normalized spacial score (nSPS) is 34.6. The zero-order chi connectivity index (χ0) is 14.5. The molecule has 20 heavy (non-hydrogen) atoms. The van der Waals surface area contributed by atoms with Crippen molar-refractivity contribution in [1.29, 1.82) is 0 Å². The number of piperazine rings is 1. The quantitative estimate of drug-likeness (QED) is 0.837. The van der Waals surface area contributed by atoms with Gasteiger partial charge in [0.2, 0.25) is 11.8 Å². The van der Waals surface area contributed by atoms with E-state index >= 15 is 0 Å². The Bertz CT molecular complexity index is 424. The van der Waals surface area contributed by atoms with Crippen molar-refractivity contribution >= 4 is 11.8 Å². The van der Waals surface area contributed by atoms with Gasteiger partial charge in [-0.2, -0.15) is 0 Å². The highest BCUT2D eigenvalue weighted by Gasteiger charge is 2.58. The van der Waals surface area contributed by atoms with E-state index < -0.39 is 5.54 Å². The highest BCUT2D eigenvalue weighted by atomic mass is 16.2. The lowest BCUT2D eigenvalue weighted by molar-refractivity contribution is -0.159. The number of nitrogens with zero attached hydrogens (tertiary/aromatic N) is 1. The second-order valence-corrected chi connectivity index (χ2v) is 6.93. The fourth-order valence-corrected chi connectivity index (χ4v) is 3.77. The van der Waals surface area contributed by atoms with E-state index in [-0.39, 0.29) is 23.9 Å². The van der Waals surface area contributed by atoms with Gasteiger partial charge in [0.05, 0.1) is 0 Å². The zero-order valence-corrected chi connectivity index (χ0v) is 12.8. The Morgan fingerprint density at radius 1 is 1.20 bits per heavy atom. The van der Waals surface area contributed by atoms with Crippen molar-refractivity contribution in [2.24, 2.45) is 11.8 Å². The summed E-state index contributed by atoms with van der Waals surface area (Å²) >= 11 is 0. The molecule has 1 N–H and O–H groups in total. The molecule has 2 saturated carbocycles. The summed E-state index contributed by atoms with van der Waals surface area (Å²) in [6.07, 6.45) is 6.16. The summed E-state index contributed by atoms with van der Waals surface area (Å²) in [6.45, 7) is 6.17. The van der Waals surface area contributed by atoms with Crippen LogP contribution in [0.25, 0.3) is 0 Å². The van der Waals surface area contributed by atoms with E-state index in [1.54, 1.807) is 0 Å². The Morgan fingerprint density at radius 2 is 1.80 bits per heavy atom. The molecule has 0 bridgehead atoms. The lowest BCUT2D eigenvalue weighted by Crippen LogP contribution is -2.72. The lowest BCUT2D eigenvalue weighted by atomic mass is 9.86. The molecule has 1 saturated heterocycles. The van der Waals surface area contributed by atoms with Crippen LogP contribution in [0.15, 0.2) is 0 Å². The van der Waals surface area contributed by atoms with Gasteiger partial charge in [0, 0.05) is 6.04 Å². The molecule has 3 rings (SSSR count). The molecule has 2 atom stereocenters. The minimum atomic E-state index is -0.648. The second kappa shape index (κ2) is 4.74. The molecule has 3 fully saturated rings. The topological polar surface area (TPSA) is 49.4 Å². The molecule has 2 unspecified atom stereocenters. The van der Waals surface area contributed by atoms with E-state index in [1.807, 2.05) is 11.8 Å². The highest BCUT2D eigenvalue weighted by molar-refractivity contribution is 6.00. The number of rotatable bonds is 5. The van der Waals surface area contributed by atoms with Gasteiger partial charge in [-0.05, 0) is 57.3 Å². The first-order chi connectivity index (χ1) is 9.52. The summed E-state index contributed by atoms with van der Waals surface area (Å²) in [7, 11) is 0. The van der Waals surface area contributed by atoms with Gasteiger partial charge >= 0.3 is 0 Å². The Labute approximate surface area is 121 Å². The zero-order valence-electron chi connectivity index (χ0n) is 12.8. The fraction of sp³-hybridized carbons (Fsp3) is 0.875. The van der Waals surface area contributed by atoms with Crippen molar-refractivity contribution in [3.8, 4) is 0 Å². The van der Waals surface area contributed by atoms with Crippen LogP contribution in [0, 0.1) is 11.8 Å². The van der Waals surface area contributed by atoms with E-state index in [1.165, 1.54) is 0 Å². The summed E-state index contributed by atoms with van der Waals surface area (Å²) in [6, 6.07) is -0.00329. The number of hydrogen-bond acceptors (Lipinski definition) is 2. The molecule has 112 valence electrons. The maximum absolute atomic E-state index is 13.1. The maximum atomic E-state index is 13.1. The maximum Gasteiger partial charge on any atom is 0.249 e. The van der Waals surface area contributed by atoms with Crippen molar-refractivity contribution < 1.29 is 9.59 Å². The molecule has 1 aliphatic heterocycles. The molecule has 2 amide bonds.